The summed E-state index contributed by atoms with van der Waals surface area (Å²) in [6.07, 6.45) is 1.37. The minimum Gasteiger partial charge on any atom is -0.314 e. The Labute approximate surface area is 79.9 Å². The molecule has 1 N–H and O–H groups in total. The third-order valence-electron chi connectivity index (χ3n) is 2.21. The van der Waals surface area contributed by atoms with Crippen molar-refractivity contribution < 1.29 is 8.78 Å². The number of alkyl halides is 2. The Morgan fingerprint density at radius 2 is 1.69 bits per heavy atom. The van der Waals surface area contributed by atoms with Crippen molar-refractivity contribution in [1.29, 1.82) is 0 Å². The first kappa shape index (κ1) is 12.8. The van der Waals surface area contributed by atoms with Crippen molar-refractivity contribution in [2.24, 2.45) is 0 Å². The molecule has 1 fully saturated rings. The van der Waals surface area contributed by atoms with Crippen molar-refractivity contribution in [3.05, 3.63) is 0 Å². The molecule has 13 heavy (non-hydrogen) atoms. The number of rotatable bonds is 2. The molecule has 3 heteroatoms. The zero-order chi connectivity index (χ0) is 10.3. The van der Waals surface area contributed by atoms with E-state index < -0.39 is 5.92 Å². The Hall–Kier alpha value is -0.180. The van der Waals surface area contributed by atoms with Crippen LogP contribution in [0, 0.1) is 0 Å². The maximum absolute atomic E-state index is 12.6. The molecule has 0 saturated heterocycles. The van der Waals surface area contributed by atoms with Crippen LogP contribution in [0.15, 0.2) is 0 Å². The van der Waals surface area contributed by atoms with Crippen molar-refractivity contribution in [3.8, 4) is 0 Å². The number of hydrogen-bond acceptors (Lipinski definition) is 1. The Morgan fingerprint density at radius 1 is 1.23 bits per heavy atom. The van der Waals surface area contributed by atoms with Crippen LogP contribution in [-0.2, 0) is 0 Å². The number of halogens is 2. The fourth-order valence-electron chi connectivity index (χ4n) is 1.53. The molecule has 1 nitrogen and oxygen atoms in total. The van der Waals surface area contributed by atoms with Crippen LogP contribution in [-0.4, -0.2) is 18.5 Å². The molecule has 80 valence electrons. The Balaban J connectivity index is 0.000000671. The molecule has 0 aromatic rings. The first-order valence-corrected chi connectivity index (χ1v) is 5.25. The largest absolute Gasteiger partial charge is 0.314 e. The van der Waals surface area contributed by atoms with Crippen LogP contribution in [0.1, 0.15) is 46.5 Å². The van der Waals surface area contributed by atoms with Crippen molar-refractivity contribution in [1.82, 2.24) is 5.32 Å². The zero-order valence-electron chi connectivity index (χ0n) is 8.87. The Kier molecular flexibility index (Phi) is 6.21. The average Bonchev–Trinajstić information content (AvgIpc) is 2.13. The summed E-state index contributed by atoms with van der Waals surface area (Å²) >= 11 is 0. The van der Waals surface area contributed by atoms with Crippen molar-refractivity contribution in [2.75, 3.05) is 6.54 Å². The lowest BCUT2D eigenvalue weighted by molar-refractivity contribution is -0.0402. The highest BCUT2D eigenvalue weighted by atomic mass is 19.3. The van der Waals surface area contributed by atoms with Crippen LogP contribution in [0.25, 0.3) is 0 Å². The van der Waals surface area contributed by atoms with E-state index in [9.17, 15) is 8.78 Å². The van der Waals surface area contributed by atoms with Gasteiger partial charge in [0.1, 0.15) is 0 Å². The highest BCUT2D eigenvalue weighted by Gasteiger charge is 2.34. The van der Waals surface area contributed by atoms with Gasteiger partial charge in [0, 0.05) is 18.9 Å². The van der Waals surface area contributed by atoms with E-state index in [1.807, 2.05) is 20.8 Å². The van der Waals surface area contributed by atoms with Gasteiger partial charge in [-0.1, -0.05) is 20.8 Å². The number of nitrogens with one attached hydrogen (secondary N) is 1. The second kappa shape index (κ2) is 6.30. The normalized spacial score (nSPS) is 21.9. The molecule has 0 aliphatic heterocycles. The van der Waals surface area contributed by atoms with Crippen LogP contribution in [0.4, 0.5) is 8.78 Å². The van der Waals surface area contributed by atoms with E-state index in [1.54, 1.807) is 0 Å². The molecule has 0 radical (unpaired) electrons. The van der Waals surface area contributed by atoms with Gasteiger partial charge in [0.15, 0.2) is 0 Å². The molecule has 0 amide bonds. The van der Waals surface area contributed by atoms with E-state index >= 15 is 0 Å². The molecule has 0 aromatic carbocycles. The van der Waals surface area contributed by atoms with Gasteiger partial charge in [-0.2, -0.15) is 0 Å². The predicted octanol–water partition coefficient (Wildman–Crippen LogP) is 3.20. The van der Waals surface area contributed by atoms with E-state index in [1.165, 1.54) is 0 Å². The molecule has 1 aliphatic carbocycles. The van der Waals surface area contributed by atoms with Gasteiger partial charge >= 0.3 is 0 Å². The topological polar surface area (TPSA) is 12.0 Å². The van der Waals surface area contributed by atoms with Crippen LogP contribution >= 0.6 is 0 Å². The van der Waals surface area contributed by atoms with E-state index in [0.29, 0.717) is 18.9 Å². The van der Waals surface area contributed by atoms with Crippen LogP contribution < -0.4 is 5.32 Å². The van der Waals surface area contributed by atoms with E-state index in [4.69, 9.17) is 0 Å². The summed E-state index contributed by atoms with van der Waals surface area (Å²) in [5.74, 6) is -2.38. The summed E-state index contributed by atoms with van der Waals surface area (Å²) in [5, 5.41) is 3.19. The van der Waals surface area contributed by atoms with Gasteiger partial charge in [0.2, 0.25) is 5.92 Å². The smallest absolute Gasteiger partial charge is 0.248 e. The standard InChI is InChI=1S/C8H15F2N.C2H6/c1-2-11-7-3-5-8(9,10)6-4-7;1-2/h7,11H,2-6H2,1H3;1-2H3. The quantitative estimate of drug-likeness (QED) is 0.710. The molecule has 0 heterocycles. The van der Waals surface area contributed by atoms with Gasteiger partial charge in [0.05, 0.1) is 0 Å². The summed E-state index contributed by atoms with van der Waals surface area (Å²) in [5.41, 5.74) is 0. The number of hydrogen-bond donors (Lipinski definition) is 1. The molecular formula is C10H21F2N. The molecule has 1 rings (SSSR count). The Morgan fingerprint density at radius 3 is 2.08 bits per heavy atom. The third-order valence-corrected chi connectivity index (χ3v) is 2.21. The summed E-state index contributed by atoms with van der Waals surface area (Å²) in [4.78, 5) is 0. The van der Waals surface area contributed by atoms with Crippen LogP contribution in [0.5, 0.6) is 0 Å². The molecule has 0 atom stereocenters. The van der Waals surface area contributed by atoms with Crippen LogP contribution in [0.3, 0.4) is 0 Å². The van der Waals surface area contributed by atoms with E-state index in [2.05, 4.69) is 5.32 Å². The lowest BCUT2D eigenvalue weighted by Crippen LogP contribution is -2.36. The minimum absolute atomic E-state index is 0.0602. The van der Waals surface area contributed by atoms with Gasteiger partial charge in [-0.15, -0.1) is 0 Å². The SMILES string of the molecule is CC.CCNC1CCC(F)(F)CC1. The van der Waals surface area contributed by atoms with Gasteiger partial charge < -0.3 is 5.32 Å². The zero-order valence-corrected chi connectivity index (χ0v) is 8.87. The second-order valence-electron chi connectivity index (χ2n) is 3.19. The molecule has 0 aromatic heterocycles. The summed E-state index contributed by atoms with van der Waals surface area (Å²) in [6.45, 7) is 6.89. The lowest BCUT2D eigenvalue weighted by Gasteiger charge is -2.28. The molecule has 0 spiro atoms. The van der Waals surface area contributed by atoms with Crippen molar-refractivity contribution in [2.45, 2.75) is 58.4 Å². The van der Waals surface area contributed by atoms with Gasteiger partial charge in [0.25, 0.3) is 0 Å². The summed E-state index contributed by atoms with van der Waals surface area (Å²) < 4.78 is 25.2. The maximum Gasteiger partial charge on any atom is 0.248 e. The Bertz CT molecular complexity index is 116. The van der Waals surface area contributed by atoms with E-state index in [0.717, 1.165) is 6.54 Å². The molecule has 0 unspecified atom stereocenters. The third kappa shape index (κ3) is 5.19. The van der Waals surface area contributed by atoms with Gasteiger partial charge in [-0.05, 0) is 19.4 Å². The highest BCUT2D eigenvalue weighted by molar-refractivity contribution is 4.80. The first-order valence-electron chi connectivity index (χ1n) is 5.25. The van der Waals surface area contributed by atoms with Gasteiger partial charge in [-0.25, -0.2) is 8.78 Å². The highest BCUT2D eigenvalue weighted by Crippen LogP contribution is 2.32. The lowest BCUT2D eigenvalue weighted by atomic mass is 9.92. The maximum atomic E-state index is 12.6. The summed E-state index contributed by atoms with van der Waals surface area (Å²) in [6, 6.07) is 0.333. The minimum atomic E-state index is -2.38. The molecular weight excluding hydrogens is 172 g/mol. The second-order valence-corrected chi connectivity index (χ2v) is 3.19. The molecule has 1 saturated carbocycles. The van der Waals surface area contributed by atoms with E-state index in [-0.39, 0.29) is 12.8 Å². The molecule has 0 bridgehead atoms. The van der Waals surface area contributed by atoms with Crippen molar-refractivity contribution >= 4 is 0 Å². The monoisotopic (exact) mass is 193 g/mol. The molecule has 1 aliphatic rings. The average molecular weight is 193 g/mol. The predicted molar refractivity (Wildman–Crippen MR) is 52.2 cm³/mol. The fourth-order valence-corrected chi connectivity index (χ4v) is 1.53. The first-order chi connectivity index (χ1) is 6.14. The summed E-state index contributed by atoms with van der Waals surface area (Å²) in [7, 11) is 0. The van der Waals surface area contributed by atoms with Gasteiger partial charge in [-0.3, -0.25) is 0 Å². The van der Waals surface area contributed by atoms with Crippen molar-refractivity contribution in [3.63, 3.8) is 0 Å². The van der Waals surface area contributed by atoms with Crippen LogP contribution in [0.2, 0.25) is 0 Å². The fraction of sp³-hybridized carbons (Fsp3) is 1.00.